The van der Waals surface area contributed by atoms with Crippen molar-refractivity contribution in [2.24, 2.45) is 10.9 Å². The molecule has 0 radical (unpaired) electrons. The van der Waals surface area contributed by atoms with Gasteiger partial charge in [0.15, 0.2) is 5.84 Å². The van der Waals surface area contributed by atoms with Crippen molar-refractivity contribution in [3.05, 3.63) is 239 Å². The highest BCUT2D eigenvalue weighted by Gasteiger charge is 2.61. The largest absolute Gasteiger partial charge is 0.282 e. The van der Waals surface area contributed by atoms with Crippen LogP contribution in [0.15, 0.2) is 205 Å². The van der Waals surface area contributed by atoms with E-state index in [1.54, 1.807) is 0 Å². The van der Waals surface area contributed by atoms with E-state index in [1.165, 1.54) is 50.1 Å². The van der Waals surface area contributed by atoms with Crippen molar-refractivity contribution in [2.45, 2.75) is 31.6 Å². The Hall–Kier alpha value is -6.90. The fourth-order valence-corrected chi connectivity index (χ4v) is 9.93. The fourth-order valence-electron chi connectivity index (χ4n) is 9.93. The Morgan fingerprint density at radius 3 is 1.91 bits per heavy atom. The van der Waals surface area contributed by atoms with Crippen molar-refractivity contribution >= 4 is 23.2 Å². The Balaban J connectivity index is 1.08. The van der Waals surface area contributed by atoms with Crippen LogP contribution < -0.4 is 0 Å². The van der Waals surface area contributed by atoms with E-state index in [0.717, 1.165) is 45.5 Å². The van der Waals surface area contributed by atoms with E-state index in [2.05, 4.69) is 190 Å². The van der Waals surface area contributed by atoms with Crippen LogP contribution in [0.1, 0.15) is 65.1 Å². The van der Waals surface area contributed by atoms with E-state index >= 15 is 0 Å². The zero-order chi connectivity index (χ0) is 39.2. The summed E-state index contributed by atoms with van der Waals surface area (Å²) in [5.41, 5.74) is 18.5. The molecule has 0 amide bonds. The Morgan fingerprint density at radius 2 is 1.21 bits per heavy atom. The molecule has 0 fully saturated rings. The summed E-state index contributed by atoms with van der Waals surface area (Å²) in [6.45, 7) is 4.57. The lowest BCUT2D eigenvalue weighted by Gasteiger charge is -2.52. The number of nitrogens with zero attached hydrogens (tertiary/aromatic N) is 1. The van der Waals surface area contributed by atoms with Gasteiger partial charge in [-0.05, 0) is 104 Å². The molecule has 3 atom stereocenters. The third-order valence-electron chi connectivity index (χ3n) is 12.7. The number of rotatable bonds is 7. The van der Waals surface area contributed by atoms with E-state index in [1.807, 2.05) is 24.3 Å². The Morgan fingerprint density at radius 1 is 0.621 bits per heavy atom. The Bertz CT molecular complexity index is 2820. The smallest absolute Gasteiger partial charge is 0.153 e. The number of benzene rings is 7. The molecule has 0 bridgehead atoms. The second-order valence-electron chi connectivity index (χ2n) is 15.9. The highest BCUT2D eigenvalue weighted by Crippen LogP contribution is 2.70. The fraction of sp³-hybridized carbons (Fsp3) is 0.107. The molecule has 3 unspecified atom stereocenters. The van der Waals surface area contributed by atoms with Gasteiger partial charge >= 0.3 is 0 Å². The van der Waals surface area contributed by atoms with Crippen LogP contribution in [-0.4, -0.2) is 11.5 Å². The summed E-state index contributed by atoms with van der Waals surface area (Å²) in [7, 11) is 0. The van der Waals surface area contributed by atoms with E-state index in [0.29, 0.717) is 11.8 Å². The highest BCUT2D eigenvalue weighted by molar-refractivity contribution is 6.21. The maximum Gasteiger partial charge on any atom is 0.153 e. The molecule has 0 heterocycles. The highest BCUT2D eigenvalue weighted by atomic mass is 14.8. The summed E-state index contributed by atoms with van der Waals surface area (Å²) in [4.78, 5) is 5.29. The SMILES string of the molecule is CC(=C\c1ccc(-c2ccccc2)cc1)/C(=N\C(=N)c1ccccc1-c1ccc(-c2ccccc2)cc1)c1ccc2c(c1)C13C(=CC=CCC1C)c1ccccc1C23. The average Bonchev–Trinajstić information content (AvgIpc) is 3.38. The first kappa shape index (κ1) is 35.5. The maximum absolute atomic E-state index is 9.66. The third-order valence-corrected chi connectivity index (χ3v) is 12.7. The molecule has 0 aliphatic heterocycles. The zero-order valence-corrected chi connectivity index (χ0v) is 32.9. The molecular formula is C56H44N2. The van der Waals surface area contributed by atoms with Crippen LogP contribution in [0.4, 0.5) is 0 Å². The molecule has 0 saturated carbocycles. The molecule has 10 rings (SSSR count). The van der Waals surface area contributed by atoms with Gasteiger partial charge in [-0.3, -0.25) is 5.41 Å². The van der Waals surface area contributed by atoms with Crippen LogP contribution >= 0.6 is 0 Å². The van der Waals surface area contributed by atoms with E-state index < -0.39 is 0 Å². The van der Waals surface area contributed by atoms with Crippen LogP contribution in [0, 0.1) is 11.3 Å². The Labute approximate surface area is 341 Å². The minimum Gasteiger partial charge on any atom is -0.282 e. The lowest BCUT2D eigenvalue weighted by molar-refractivity contribution is 0.306. The predicted octanol–water partition coefficient (Wildman–Crippen LogP) is 14.0. The van der Waals surface area contributed by atoms with Gasteiger partial charge in [-0.2, -0.15) is 0 Å². The van der Waals surface area contributed by atoms with Crippen molar-refractivity contribution in [3.8, 4) is 33.4 Å². The van der Waals surface area contributed by atoms with Crippen LogP contribution in [0.25, 0.3) is 45.0 Å². The first-order chi connectivity index (χ1) is 28.5. The number of allylic oxidation sites excluding steroid dienone is 5. The zero-order valence-electron chi connectivity index (χ0n) is 32.9. The van der Waals surface area contributed by atoms with Gasteiger partial charge in [0.05, 0.1) is 5.71 Å². The second kappa shape index (κ2) is 14.6. The topological polar surface area (TPSA) is 36.2 Å². The van der Waals surface area contributed by atoms with Crippen LogP contribution in [0.2, 0.25) is 0 Å². The summed E-state index contributed by atoms with van der Waals surface area (Å²) >= 11 is 0. The van der Waals surface area contributed by atoms with Gasteiger partial charge in [0.1, 0.15) is 0 Å². The summed E-state index contributed by atoms with van der Waals surface area (Å²) in [6, 6.07) is 62.5. The van der Waals surface area contributed by atoms with Gasteiger partial charge in [-0.25, -0.2) is 4.99 Å². The molecule has 1 N–H and O–H groups in total. The first-order valence-electron chi connectivity index (χ1n) is 20.4. The minimum atomic E-state index is -0.0967. The molecule has 2 heteroatoms. The van der Waals surface area contributed by atoms with E-state index in [4.69, 9.17) is 4.99 Å². The molecule has 3 aliphatic carbocycles. The number of hydrogen-bond acceptors (Lipinski definition) is 1. The van der Waals surface area contributed by atoms with Crippen LogP contribution in [0.3, 0.4) is 0 Å². The normalized spacial score (nSPS) is 19.2. The minimum absolute atomic E-state index is 0.0967. The number of fused-ring (bicyclic) bond motifs is 5. The third kappa shape index (κ3) is 5.87. The quantitative estimate of drug-likeness (QED) is 0.125. The monoisotopic (exact) mass is 744 g/mol. The van der Waals surface area contributed by atoms with Gasteiger partial charge < -0.3 is 0 Å². The second-order valence-corrected chi connectivity index (χ2v) is 15.9. The number of amidine groups is 1. The lowest BCUT2D eigenvalue weighted by Crippen LogP contribution is -2.46. The maximum atomic E-state index is 9.66. The number of hydrogen-bond donors (Lipinski definition) is 1. The molecule has 7 aromatic rings. The standard InChI is InChI=1S/C56H44N2/c1-37(35-39-25-27-42(28-26-39)40-16-5-3-6-17-40)54(58-55(57)49-23-13-10-20-46(49)44-31-29-43(30-32-44)41-18-7-4-8-19-41)45-33-34-50-52(36-45)56-38(2)15-9-14-24-51(56)47-21-11-12-22-48(47)53(50)56/h3-14,16-36,38,53,57H,15H2,1-2H3/b37-35+,57-55?,58-54+. The summed E-state index contributed by atoms with van der Waals surface area (Å²) < 4.78 is 0. The number of aliphatic imine (C=N–C) groups is 1. The number of nitrogens with one attached hydrogen (secondary N) is 1. The van der Waals surface area contributed by atoms with Crippen molar-refractivity contribution in [2.75, 3.05) is 0 Å². The van der Waals surface area contributed by atoms with Crippen molar-refractivity contribution in [3.63, 3.8) is 0 Å². The first-order valence-corrected chi connectivity index (χ1v) is 20.4. The predicted molar refractivity (Wildman–Crippen MR) is 244 cm³/mol. The summed E-state index contributed by atoms with van der Waals surface area (Å²) in [6.07, 6.45) is 10.2. The molecule has 3 aliphatic rings. The molecule has 58 heavy (non-hydrogen) atoms. The van der Waals surface area contributed by atoms with Crippen LogP contribution in [-0.2, 0) is 5.41 Å². The van der Waals surface area contributed by atoms with Gasteiger partial charge in [0.2, 0.25) is 0 Å². The summed E-state index contributed by atoms with van der Waals surface area (Å²) in [5, 5.41) is 9.66. The molecule has 2 nitrogen and oxygen atoms in total. The molecule has 7 aromatic carbocycles. The van der Waals surface area contributed by atoms with Gasteiger partial charge in [0, 0.05) is 22.5 Å². The molecule has 1 spiro atoms. The molecule has 0 aromatic heterocycles. The van der Waals surface area contributed by atoms with Crippen molar-refractivity contribution < 1.29 is 0 Å². The van der Waals surface area contributed by atoms with Gasteiger partial charge in [0.25, 0.3) is 0 Å². The summed E-state index contributed by atoms with van der Waals surface area (Å²) in [5.74, 6) is 1.01. The van der Waals surface area contributed by atoms with Crippen molar-refractivity contribution in [1.29, 1.82) is 5.41 Å². The average molecular weight is 745 g/mol. The van der Waals surface area contributed by atoms with E-state index in [-0.39, 0.29) is 11.3 Å². The molecule has 0 saturated heterocycles. The molecule has 278 valence electrons. The van der Waals surface area contributed by atoms with Crippen molar-refractivity contribution in [1.82, 2.24) is 0 Å². The lowest BCUT2D eigenvalue weighted by atomic mass is 9.50. The van der Waals surface area contributed by atoms with Crippen LogP contribution in [0.5, 0.6) is 0 Å². The van der Waals surface area contributed by atoms with Gasteiger partial charge in [-0.1, -0.05) is 195 Å². The van der Waals surface area contributed by atoms with Gasteiger partial charge in [-0.15, -0.1) is 0 Å². The molecular weight excluding hydrogens is 701 g/mol. The van der Waals surface area contributed by atoms with E-state index in [9.17, 15) is 5.41 Å². The Kier molecular flexibility index (Phi) is 8.91.